The lowest BCUT2D eigenvalue weighted by Gasteiger charge is -2.12. The zero-order valence-electron chi connectivity index (χ0n) is 9.10. The molecule has 0 amide bonds. The van der Waals surface area contributed by atoms with Crippen molar-refractivity contribution < 1.29 is 0 Å². The van der Waals surface area contributed by atoms with Gasteiger partial charge in [0.15, 0.2) is 0 Å². The van der Waals surface area contributed by atoms with Crippen LogP contribution < -0.4 is 5.32 Å². The molecule has 0 radical (unpaired) electrons. The van der Waals surface area contributed by atoms with Crippen molar-refractivity contribution in [3.8, 4) is 0 Å². The Morgan fingerprint density at radius 2 is 2.07 bits per heavy atom. The van der Waals surface area contributed by atoms with Crippen molar-refractivity contribution >= 4 is 21.6 Å². The van der Waals surface area contributed by atoms with Crippen molar-refractivity contribution in [1.29, 1.82) is 0 Å². The molecule has 0 saturated carbocycles. The van der Waals surface area contributed by atoms with Gasteiger partial charge in [0, 0.05) is 16.7 Å². The summed E-state index contributed by atoms with van der Waals surface area (Å²) in [6.45, 7) is 7.64. The molecule has 78 valence electrons. The molecule has 1 rings (SSSR count). The smallest absolute Gasteiger partial charge is 0.0354 e. The molecule has 0 aliphatic heterocycles. The molecule has 1 aromatic rings. The highest BCUT2D eigenvalue weighted by atomic mass is 79.9. The van der Waals surface area contributed by atoms with Gasteiger partial charge in [-0.25, -0.2) is 0 Å². The molecule has 2 heteroatoms. The minimum atomic E-state index is 0.731. The summed E-state index contributed by atoms with van der Waals surface area (Å²) in [6, 6.07) is 6.41. The molecule has 0 aliphatic rings. The van der Waals surface area contributed by atoms with Crippen molar-refractivity contribution in [3.05, 3.63) is 28.2 Å². The Morgan fingerprint density at radius 3 is 2.64 bits per heavy atom. The van der Waals surface area contributed by atoms with E-state index in [9.17, 15) is 0 Å². The van der Waals surface area contributed by atoms with Gasteiger partial charge < -0.3 is 5.32 Å². The zero-order valence-corrected chi connectivity index (χ0v) is 10.7. The molecule has 1 unspecified atom stereocenters. The molecule has 1 nitrogen and oxygen atoms in total. The highest BCUT2D eigenvalue weighted by Crippen LogP contribution is 2.19. The van der Waals surface area contributed by atoms with Gasteiger partial charge in [0.1, 0.15) is 0 Å². The fourth-order valence-electron chi connectivity index (χ4n) is 1.27. The van der Waals surface area contributed by atoms with Crippen molar-refractivity contribution in [2.45, 2.75) is 27.2 Å². The number of hydrogen-bond acceptors (Lipinski definition) is 1. The summed E-state index contributed by atoms with van der Waals surface area (Å²) in [5.41, 5.74) is 2.49. The number of halogens is 1. The Hall–Kier alpha value is -0.500. The molecule has 0 heterocycles. The monoisotopic (exact) mass is 255 g/mol. The SMILES string of the molecule is CCC(C)CNc1cc(C)cc(Br)c1. The van der Waals surface area contributed by atoms with Crippen LogP contribution >= 0.6 is 15.9 Å². The van der Waals surface area contributed by atoms with Crippen molar-refractivity contribution in [1.82, 2.24) is 0 Å². The van der Waals surface area contributed by atoms with Gasteiger partial charge >= 0.3 is 0 Å². The summed E-state index contributed by atoms with van der Waals surface area (Å²) in [5, 5.41) is 3.45. The molecule has 0 saturated heterocycles. The van der Waals surface area contributed by atoms with Gasteiger partial charge in [0.2, 0.25) is 0 Å². The third-order valence-electron chi connectivity index (χ3n) is 2.39. The van der Waals surface area contributed by atoms with Crippen LogP contribution in [0.25, 0.3) is 0 Å². The van der Waals surface area contributed by atoms with E-state index in [0.717, 1.165) is 16.9 Å². The Bertz CT molecular complexity index is 276. The van der Waals surface area contributed by atoms with Crippen LogP contribution in [0.5, 0.6) is 0 Å². The van der Waals surface area contributed by atoms with Crippen LogP contribution in [0.4, 0.5) is 5.69 Å². The fraction of sp³-hybridized carbons (Fsp3) is 0.500. The van der Waals surface area contributed by atoms with Crippen LogP contribution in [0.2, 0.25) is 0 Å². The van der Waals surface area contributed by atoms with Gasteiger partial charge in [0.05, 0.1) is 0 Å². The van der Waals surface area contributed by atoms with Gasteiger partial charge in [-0.2, -0.15) is 0 Å². The van der Waals surface area contributed by atoms with Gasteiger partial charge in [-0.1, -0.05) is 36.2 Å². The molecule has 1 atom stereocenters. The lowest BCUT2D eigenvalue weighted by Crippen LogP contribution is -2.10. The minimum Gasteiger partial charge on any atom is -0.385 e. The van der Waals surface area contributed by atoms with E-state index in [4.69, 9.17) is 0 Å². The standard InChI is InChI=1S/C12H18BrN/c1-4-9(2)8-14-12-6-10(3)5-11(13)7-12/h5-7,9,14H,4,8H2,1-3H3. The Morgan fingerprint density at radius 1 is 1.36 bits per heavy atom. The first-order valence-corrected chi connectivity index (χ1v) is 5.92. The van der Waals surface area contributed by atoms with E-state index in [-0.39, 0.29) is 0 Å². The number of anilines is 1. The van der Waals surface area contributed by atoms with E-state index in [1.165, 1.54) is 17.7 Å². The summed E-state index contributed by atoms with van der Waals surface area (Å²) in [6.07, 6.45) is 1.22. The van der Waals surface area contributed by atoms with E-state index in [1.807, 2.05) is 0 Å². The normalized spacial score (nSPS) is 12.6. The molecular formula is C12H18BrN. The molecule has 0 aromatic heterocycles. The summed E-state index contributed by atoms with van der Waals surface area (Å²) in [4.78, 5) is 0. The van der Waals surface area contributed by atoms with E-state index >= 15 is 0 Å². The van der Waals surface area contributed by atoms with Gasteiger partial charge in [0.25, 0.3) is 0 Å². The maximum Gasteiger partial charge on any atom is 0.0354 e. The van der Waals surface area contributed by atoms with E-state index < -0.39 is 0 Å². The number of hydrogen-bond donors (Lipinski definition) is 1. The summed E-state index contributed by atoms with van der Waals surface area (Å²) in [7, 11) is 0. The molecule has 0 spiro atoms. The van der Waals surface area contributed by atoms with Crippen molar-refractivity contribution in [2.24, 2.45) is 5.92 Å². The predicted molar refractivity (Wildman–Crippen MR) is 66.8 cm³/mol. The number of nitrogens with one attached hydrogen (secondary N) is 1. The van der Waals surface area contributed by atoms with Gasteiger partial charge in [-0.3, -0.25) is 0 Å². The molecule has 1 aromatic carbocycles. The second-order valence-corrected chi connectivity index (χ2v) is 4.83. The zero-order chi connectivity index (χ0) is 10.6. The van der Waals surface area contributed by atoms with Crippen LogP contribution in [0.3, 0.4) is 0 Å². The average Bonchev–Trinajstić information content (AvgIpc) is 2.12. The first-order chi connectivity index (χ1) is 6.61. The van der Waals surface area contributed by atoms with Crippen LogP contribution in [-0.4, -0.2) is 6.54 Å². The maximum atomic E-state index is 3.50. The topological polar surface area (TPSA) is 12.0 Å². The van der Waals surface area contributed by atoms with Crippen molar-refractivity contribution in [2.75, 3.05) is 11.9 Å². The van der Waals surface area contributed by atoms with E-state index in [1.54, 1.807) is 0 Å². The lowest BCUT2D eigenvalue weighted by atomic mass is 10.1. The van der Waals surface area contributed by atoms with E-state index in [0.29, 0.717) is 0 Å². The second-order valence-electron chi connectivity index (χ2n) is 3.91. The predicted octanol–water partition coefficient (Wildman–Crippen LogP) is 4.22. The number of benzene rings is 1. The Labute approximate surface area is 95.0 Å². The maximum absolute atomic E-state index is 3.50. The highest BCUT2D eigenvalue weighted by Gasteiger charge is 1.99. The molecule has 0 bridgehead atoms. The molecular weight excluding hydrogens is 238 g/mol. The largest absolute Gasteiger partial charge is 0.385 e. The third-order valence-corrected chi connectivity index (χ3v) is 2.85. The molecule has 1 N–H and O–H groups in total. The van der Waals surface area contributed by atoms with Crippen LogP contribution in [0.15, 0.2) is 22.7 Å². The molecule has 14 heavy (non-hydrogen) atoms. The first-order valence-electron chi connectivity index (χ1n) is 5.13. The number of aryl methyl sites for hydroxylation is 1. The van der Waals surface area contributed by atoms with Crippen LogP contribution in [-0.2, 0) is 0 Å². The highest BCUT2D eigenvalue weighted by molar-refractivity contribution is 9.10. The summed E-state index contributed by atoms with van der Waals surface area (Å²) >= 11 is 3.50. The summed E-state index contributed by atoms with van der Waals surface area (Å²) in [5.74, 6) is 0.731. The first kappa shape index (κ1) is 11.6. The Balaban J connectivity index is 2.58. The summed E-state index contributed by atoms with van der Waals surface area (Å²) < 4.78 is 1.14. The average molecular weight is 256 g/mol. The third kappa shape index (κ3) is 3.70. The van der Waals surface area contributed by atoms with E-state index in [2.05, 4.69) is 60.2 Å². The molecule has 0 aliphatic carbocycles. The van der Waals surface area contributed by atoms with Crippen molar-refractivity contribution in [3.63, 3.8) is 0 Å². The van der Waals surface area contributed by atoms with Crippen LogP contribution in [0.1, 0.15) is 25.8 Å². The van der Waals surface area contributed by atoms with Gasteiger partial charge in [-0.15, -0.1) is 0 Å². The van der Waals surface area contributed by atoms with Gasteiger partial charge in [-0.05, 0) is 36.6 Å². The fourth-order valence-corrected chi connectivity index (χ4v) is 1.88. The number of rotatable bonds is 4. The molecule has 0 fully saturated rings. The second kappa shape index (κ2) is 5.40. The lowest BCUT2D eigenvalue weighted by molar-refractivity contribution is 0.593. The minimum absolute atomic E-state index is 0.731. The van der Waals surface area contributed by atoms with Crippen LogP contribution in [0, 0.1) is 12.8 Å². The Kier molecular flexibility index (Phi) is 4.46. The quantitative estimate of drug-likeness (QED) is 0.850.